The lowest BCUT2D eigenvalue weighted by Crippen LogP contribution is -2.01. The third-order valence-corrected chi connectivity index (χ3v) is 3.24. The molecule has 0 atom stereocenters. The third kappa shape index (κ3) is 1.86. The quantitative estimate of drug-likeness (QED) is 0.924. The monoisotopic (exact) mass is 263 g/mol. The van der Waals surface area contributed by atoms with Crippen LogP contribution in [0.4, 0.5) is 0 Å². The number of nitrogens with zero attached hydrogens (tertiary/aromatic N) is 3. The molecule has 1 N–H and O–H groups in total. The van der Waals surface area contributed by atoms with Crippen LogP contribution in [0.1, 0.15) is 29.2 Å². The molecule has 1 aliphatic rings. The number of carboxylic acid groups (broad SMARTS) is 1. The SMILES string of the molecule is O=C(O)c1ccc(-c2ncnn2C2CC2)cc1Cl. The zero-order valence-corrected chi connectivity index (χ0v) is 10.1. The highest BCUT2D eigenvalue weighted by molar-refractivity contribution is 6.33. The summed E-state index contributed by atoms with van der Waals surface area (Å²) in [6, 6.07) is 5.23. The van der Waals surface area contributed by atoms with Gasteiger partial charge in [0.25, 0.3) is 0 Å². The Balaban J connectivity index is 2.04. The Labute approximate surface area is 108 Å². The summed E-state index contributed by atoms with van der Waals surface area (Å²) in [4.78, 5) is 15.1. The Hall–Kier alpha value is -1.88. The topological polar surface area (TPSA) is 68.0 Å². The molecule has 1 aromatic heterocycles. The lowest BCUT2D eigenvalue weighted by Gasteiger charge is -2.06. The van der Waals surface area contributed by atoms with Crippen molar-refractivity contribution in [3.63, 3.8) is 0 Å². The Morgan fingerprint density at radius 1 is 1.44 bits per heavy atom. The van der Waals surface area contributed by atoms with Crippen LogP contribution in [0.5, 0.6) is 0 Å². The van der Waals surface area contributed by atoms with Gasteiger partial charge in [0.15, 0.2) is 5.82 Å². The second-order valence-electron chi connectivity index (χ2n) is 4.26. The summed E-state index contributed by atoms with van der Waals surface area (Å²) in [5.41, 5.74) is 0.882. The molecule has 0 unspecified atom stereocenters. The van der Waals surface area contributed by atoms with Crippen LogP contribution in [0.25, 0.3) is 11.4 Å². The Kier molecular flexibility index (Phi) is 2.56. The molecule has 1 aromatic carbocycles. The summed E-state index contributed by atoms with van der Waals surface area (Å²) in [6.45, 7) is 0. The minimum atomic E-state index is -1.03. The molecular weight excluding hydrogens is 254 g/mol. The van der Waals surface area contributed by atoms with Gasteiger partial charge in [-0.25, -0.2) is 14.5 Å². The summed E-state index contributed by atoms with van der Waals surface area (Å²) < 4.78 is 1.87. The van der Waals surface area contributed by atoms with Gasteiger partial charge >= 0.3 is 5.97 Å². The van der Waals surface area contributed by atoms with E-state index in [2.05, 4.69) is 10.1 Å². The first-order valence-electron chi connectivity index (χ1n) is 5.59. The van der Waals surface area contributed by atoms with Crippen LogP contribution >= 0.6 is 11.6 Å². The van der Waals surface area contributed by atoms with Crippen molar-refractivity contribution in [1.29, 1.82) is 0 Å². The van der Waals surface area contributed by atoms with Crippen LogP contribution in [-0.4, -0.2) is 25.8 Å². The molecule has 1 saturated carbocycles. The molecule has 6 heteroatoms. The Bertz CT molecular complexity index is 620. The van der Waals surface area contributed by atoms with Gasteiger partial charge in [0.05, 0.1) is 16.6 Å². The van der Waals surface area contributed by atoms with Crippen molar-refractivity contribution in [3.8, 4) is 11.4 Å². The molecule has 18 heavy (non-hydrogen) atoms. The van der Waals surface area contributed by atoms with Gasteiger partial charge in [0, 0.05) is 5.56 Å². The fraction of sp³-hybridized carbons (Fsp3) is 0.250. The van der Waals surface area contributed by atoms with E-state index >= 15 is 0 Å². The molecule has 3 rings (SSSR count). The smallest absolute Gasteiger partial charge is 0.337 e. The van der Waals surface area contributed by atoms with Gasteiger partial charge in [-0.05, 0) is 25.0 Å². The van der Waals surface area contributed by atoms with E-state index in [1.807, 2.05) is 4.68 Å². The molecule has 0 spiro atoms. The molecule has 1 fully saturated rings. The normalized spacial score (nSPS) is 14.7. The van der Waals surface area contributed by atoms with Crippen molar-refractivity contribution in [2.45, 2.75) is 18.9 Å². The highest BCUT2D eigenvalue weighted by Gasteiger charge is 2.27. The van der Waals surface area contributed by atoms with E-state index in [-0.39, 0.29) is 10.6 Å². The molecule has 0 aliphatic heterocycles. The summed E-state index contributed by atoms with van der Waals surface area (Å²) in [5.74, 6) is -0.299. The average Bonchev–Trinajstić information content (AvgIpc) is 3.06. The first-order chi connectivity index (χ1) is 8.66. The van der Waals surface area contributed by atoms with Gasteiger partial charge < -0.3 is 5.11 Å². The van der Waals surface area contributed by atoms with Gasteiger partial charge in [-0.3, -0.25) is 0 Å². The zero-order chi connectivity index (χ0) is 12.7. The van der Waals surface area contributed by atoms with Crippen LogP contribution in [0.3, 0.4) is 0 Å². The first-order valence-corrected chi connectivity index (χ1v) is 5.97. The van der Waals surface area contributed by atoms with E-state index in [1.54, 1.807) is 12.1 Å². The van der Waals surface area contributed by atoms with E-state index in [0.717, 1.165) is 24.2 Å². The summed E-state index contributed by atoms with van der Waals surface area (Å²) >= 11 is 5.95. The molecule has 0 bridgehead atoms. The number of aromatic nitrogens is 3. The number of rotatable bonds is 3. The third-order valence-electron chi connectivity index (χ3n) is 2.92. The maximum atomic E-state index is 10.9. The van der Waals surface area contributed by atoms with Crippen LogP contribution in [0.15, 0.2) is 24.5 Å². The average molecular weight is 264 g/mol. The van der Waals surface area contributed by atoms with E-state index in [4.69, 9.17) is 16.7 Å². The second-order valence-corrected chi connectivity index (χ2v) is 4.67. The first kappa shape index (κ1) is 11.2. The Morgan fingerprint density at radius 3 is 2.83 bits per heavy atom. The molecule has 1 heterocycles. The van der Waals surface area contributed by atoms with Gasteiger partial charge in [-0.1, -0.05) is 17.7 Å². The van der Waals surface area contributed by atoms with E-state index in [1.165, 1.54) is 12.4 Å². The van der Waals surface area contributed by atoms with Crippen molar-refractivity contribution in [2.24, 2.45) is 0 Å². The van der Waals surface area contributed by atoms with Crippen LogP contribution in [0.2, 0.25) is 5.02 Å². The lowest BCUT2D eigenvalue weighted by atomic mass is 10.1. The van der Waals surface area contributed by atoms with Crippen molar-refractivity contribution in [3.05, 3.63) is 35.1 Å². The molecule has 92 valence electrons. The van der Waals surface area contributed by atoms with Crippen LogP contribution in [0, 0.1) is 0 Å². The maximum Gasteiger partial charge on any atom is 0.337 e. The molecule has 0 radical (unpaired) electrons. The predicted molar refractivity (Wildman–Crippen MR) is 65.7 cm³/mol. The summed E-state index contributed by atoms with van der Waals surface area (Å²) in [6.07, 6.45) is 3.72. The number of carboxylic acids is 1. The van der Waals surface area contributed by atoms with Crippen molar-refractivity contribution in [1.82, 2.24) is 14.8 Å². The highest BCUT2D eigenvalue weighted by atomic mass is 35.5. The molecule has 0 saturated heterocycles. The fourth-order valence-corrected chi connectivity index (χ4v) is 2.13. The van der Waals surface area contributed by atoms with Gasteiger partial charge in [0.2, 0.25) is 0 Å². The predicted octanol–water partition coefficient (Wildman–Crippen LogP) is 2.63. The van der Waals surface area contributed by atoms with Gasteiger partial charge in [0.1, 0.15) is 6.33 Å². The summed E-state index contributed by atoms with van der Waals surface area (Å²) in [7, 11) is 0. The van der Waals surface area contributed by atoms with Gasteiger partial charge in [-0.15, -0.1) is 0 Å². The van der Waals surface area contributed by atoms with E-state index < -0.39 is 5.97 Å². The van der Waals surface area contributed by atoms with E-state index in [9.17, 15) is 4.79 Å². The largest absolute Gasteiger partial charge is 0.478 e. The molecule has 2 aromatic rings. The molecule has 1 aliphatic carbocycles. The number of aromatic carboxylic acids is 1. The van der Waals surface area contributed by atoms with Crippen molar-refractivity contribution >= 4 is 17.6 Å². The zero-order valence-electron chi connectivity index (χ0n) is 9.38. The molecular formula is C12H10ClN3O2. The minimum absolute atomic E-state index is 0.0953. The van der Waals surface area contributed by atoms with E-state index in [0.29, 0.717) is 6.04 Å². The number of carbonyl (C=O) groups is 1. The standard InChI is InChI=1S/C12H10ClN3O2/c13-10-5-7(1-4-9(10)12(17)18)11-14-6-15-16(11)8-2-3-8/h1,4-6,8H,2-3H2,(H,17,18). The Morgan fingerprint density at radius 2 is 2.22 bits per heavy atom. The van der Waals surface area contributed by atoms with Crippen molar-refractivity contribution in [2.75, 3.05) is 0 Å². The van der Waals surface area contributed by atoms with Gasteiger partial charge in [-0.2, -0.15) is 5.10 Å². The fourth-order valence-electron chi connectivity index (χ4n) is 1.87. The van der Waals surface area contributed by atoms with Crippen LogP contribution < -0.4 is 0 Å². The number of hydrogen-bond acceptors (Lipinski definition) is 3. The highest BCUT2D eigenvalue weighted by Crippen LogP contribution is 2.37. The lowest BCUT2D eigenvalue weighted by molar-refractivity contribution is 0.0697. The second kappa shape index (κ2) is 4.10. The molecule has 0 amide bonds. The number of hydrogen-bond donors (Lipinski definition) is 1. The number of halogens is 1. The van der Waals surface area contributed by atoms with Crippen LogP contribution in [-0.2, 0) is 0 Å². The minimum Gasteiger partial charge on any atom is -0.478 e. The maximum absolute atomic E-state index is 10.9. The van der Waals surface area contributed by atoms with Crippen molar-refractivity contribution < 1.29 is 9.90 Å². The molecule has 5 nitrogen and oxygen atoms in total. The summed E-state index contributed by atoms with van der Waals surface area (Å²) in [5, 5.41) is 13.3. The number of benzene rings is 1.